The number of rotatable bonds is 0. The molecule has 1 rings (SSSR count). The normalized spacial score (nSPS) is 20.5. The Morgan fingerprint density at radius 2 is 2.38 bits per heavy atom. The second-order valence-electron chi connectivity index (χ2n) is 1.50. The van der Waals surface area contributed by atoms with Gasteiger partial charge in [0.05, 0.1) is 12.2 Å². The molecular weight excluding hydrogens is 108 g/mol. The maximum atomic E-state index is 10.4. The van der Waals surface area contributed by atoms with Gasteiger partial charge in [-0.3, -0.25) is 0 Å². The Hall–Kier alpha value is -0.830. The van der Waals surface area contributed by atoms with E-state index in [2.05, 4.69) is 11.3 Å². The molecule has 0 atom stereocenters. The van der Waals surface area contributed by atoms with Gasteiger partial charge in [-0.15, -0.1) is 0 Å². The second-order valence-corrected chi connectivity index (χ2v) is 1.50. The van der Waals surface area contributed by atoms with Gasteiger partial charge in [-0.2, -0.15) is 0 Å². The molecule has 1 fully saturated rings. The van der Waals surface area contributed by atoms with Crippen LogP contribution in [0.5, 0.6) is 0 Å². The number of hydrogen-bond donors (Lipinski definition) is 0. The summed E-state index contributed by atoms with van der Waals surface area (Å²) in [4.78, 5) is 10.4. The fraction of sp³-hybridized carbons (Fsp3) is 0.400. The topological polar surface area (TPSA) is 35.5 Å². The Labute approximate surface area is 46.9 Å². The molecule has 3 nitrogen and oxygen atoms in total. The lowest BCUT2D eigenvalue weighted by molar-refractivity contribution is -0.159. The Kier molecular flexibility index (Phi) is 1.30. The minimum Gasteiger partial charge on any atom is -0.435 e. The number of ether oxygens (including phenoxy) is 2. The highest BCUT2D eigenvalue weighted by atomic mass is 16.7. The molecule has 0 N–H and O–H groups in total. The number of cyclic esters (lactones) is 1. The van der Waals surface area contributed by atoms with Crippen molar-refractivity contribution in [3.63, 3.8) is 0 Å². The molecule has 0 aromatic carbocycles. The maximum Gasteiger partial charge on any atom is 0.337 e. The Balaban J connectivity index is 2.52. The van der Waals surface area contributed by atoms with E-state index < -0.39 is 0 Å². The molecule has 44 valence electrons. The predicted molar refractivity (Wildman–Crippen MR) is 26.1 cm³/mol. The van der Waals surface area contributed by atoms with Gasteiger partial charge in [-0.05, 0) is 0 Å². The Morgan fingerprint density at radius 3 is 2.75 bits per heavy atom. The van der Waals surface area contributed by atoms with Gasteiger partial charge in [-0.1, -0.05) is 6.58 Å². The molecular formula is C5H6O3. The van der Waals surface area contributed by atoms with Crippen LogP contribution in [0, 0.1) is 0 Å². The quantitative estimate of drug-likeness (QED) is 0.330. The lowest BCUT2D eigenvalue weighted by Crippen LogP contribution is -2.20. The van der Waals surface area contributed by atoms with E-state index in [9.17, 15) is 4.79 Å². The molecule has 1 saturated heterocycles. The maximum absolute atomic E-state index is 10.4. The minimum absolute atomic E-state index is 0.0673. The first-order valence-corrected chi connectivity index (χ1v) is 2.23. The fourth-order valence-electron chi connectivity index (χ4n) is 0.421. The van der Waals surface area contributed by atoms with E-state index in [1.807, 2.05) is 0 Å². The van der Waals surface area contributed by atoms with Gasteiger partial charge < -0.3 is 9.47 Å². The highest BCUT2D eigenvalue weighted by Gasteiger charge is 2.12. The average molecular weight is 114 g/mol. The van der Waals surface area contributed by atoms with Crippen molar-refractivity contribution in [1.29, 1.82) is 0 Å². The lowest BCUT2D eigenvalue weighted by atomic mass is 10.3. The third-order valence-electron chi connectivity index (χ3n) is 0.838. The monoisotopic (exact) mass is 114 g/mol. The first-order valence-electron chi connectivity index (χ1n) is 2.23. The van der Waals surface area contributed by atoms with Crippen LogP contribution in [-0.2, 0) is 14.3 Å². The smallest absolute Gasteiger partial charge is 0.337 e. The summed E-state index contributed by atoms with van der Waals surface area (Å²) in [5, 5.41) is 0. The molecule has 8 heavy (non-hydrogen) atoms. The van der Waals surface area contributed by atoms with Crippen LogP contribution in [0.1, 0.15) is 0 Å². The number of esters is 1. The number of carbonyl (C=O) groups excluding carboxylic acids is 1. The van der Waals surface area contributed by atoms with Crippen LogP contribution >= 0.6 is 0 Å². The first kappa shape index (κ1) is 5.31. The summed E-state index contributed by atoms with van der Waals surface area (Å²) >= 11 is 0. The Morgan fingerprint density at radius 1 is 1.62 bits per heavy atom. The van der Waals surface area contributed by atoms with E-state index in [4.69, 9.17) is 4.74 Å². The van der Waals surface area contributed by atoms with Crippen LogP contribution < -0.4 is 0 Å². The largest absolute Gasteiger partial charge is 0.435 e. The summed E-state index contributed by atoms with van der Waals surface area (Å²) in [6, 6.07) is 0. The molecule has 0 radical (unpaired) electrons. The molecule has 0 aromatic heterocycles. The van der Waals surface area contributed by atoms with Crippen LogP contribution in [0.15, 0.2) is 12.2 Å². The molecule has 0 aromatic rings. The van der Waals surface area contributed by atoms with Gasteiger partial charge in [0.25, 0.3) is 0 Å². The average Bonchev–Trinajstić information content (AvgIpc) is 1.77. The molecule has 0 unspecified atom stereocenters. The fourth-order valence-corrected chi connectivity index (χ4v) is 0.421. The molecule has 1 heterocycles. The summed E-state index contributed by atoms with van der Waals surface area (Å²) in [5.41, 5.74) is 0.385. The van der Waals surface area contributed by atoms with Crippen LogP contribution in [0.4, 0.5) is 0 Å². The number of hydrogen-bond acceptors (Lipinski definition) is 3. The molecule has 3 heteroatoms. The minimum atomic E-state index is -0.351. The van der Waals surface area contributed by atoms with Crippen LogP contribution in [-0.4, -0.2) is 19.4 Å². The zero-order valence-corrected chi connectivity index (χ0v) is 4.35. The molecule has 0 saturated carbocycles. The van der Waals surface area contributed by atoms with Gasteiger partial charge in [0.1, 0.15) is 0 Å². The first-order chi connectivity index (χ1) is 3.80. The second kappa shape index (κ2) is 1.96. The van der Waals surface area contributed by atoms with Gasteiger partial charge in [-0.25, -0.2) is 4.79 Å². The van der Waals surface area contributed by atoms with Crippen molar-refractivity contribution in [3.8, 4) is 0 Å². The van der Waals surface area contributed by atoms with E-state index in [0.29, 0.717) is 12.2 Å². The van der Waals surface area contributed by atoms with E-state index in [0.717, 1.165) is 0 Å². The van der Waals surface area contributed by atoms with E-state index in [1.54, 1.807) is 0 Å². The third-order valence-corrected chi connectivity index (χ3v) is 0.838. The van der Waals surface area contributed by atoms with Crippen molar-refractivity contribution in [2.75, 3.05) is 13.4 Å². The molecule has 1 aliphatic rings. The summed E-state index contributed by atoms with van der Waals surface area (Å²) < 4.78 is 9.14. The molecule has 0 spiro atoms. The summed E-state index contributed by atoms with van der Waals surface area (Å²) in [7, 11) is 0. The molecule has 0 bridgehead atoms. The summed E-state index contributed by atoms with van der Waals surface area (Å²) in [5.74, 6) is -0.351. The van der Waals surface area contributed by atoms with Gasteiger partial charge in [0.15, 0.2) is 6.79 Å². The van der Waals surface area contributed by atoms with Crippen molar-refractivity contribution >= 4 is 5.97 Å². The SMILES string of the molecule is C=C1COCOC1=O. The van der Waals surface area contributed by atoms with Gasteiger partial charge in [0.2, 0.25) is 0 Å². The number of carbonyl (C=O) groups is 1. The molecule has 0 amide bonds. The van der Waals surface area contributed by atoms with Crippen LogP contribution in [0.3, 0.4) is 0 Å². The van der Waals surface area contributed by atoms with Crippen molar-refractivity contribution in [1.82, 2.24) is 0 Å². The predicted octanol–water partition coefficient (Wildman–Crippen LogP) is 0.0735. The highest BCUT2D eigenvalue weighted by Crippen LogP contribution is 2.01. The standard InChI is InChI=1S/C5H6O3/c1-4-2-7-3-8-5(4)6/h1-3H2. The van der Waals surface area contributed by atoms with Gasteiger partial charge >= 0.3 is 5.97 Å². The van der Waals surface area contributed by atoms with E-state index >= 15 is 0 Å². The van der Waals surface area contributed by atoms with Crippen LogP contribution in [0.2, 0.25) is 0 Å². The van der Waals surface area contributed by atoms with Crippen molar-refractivity contribution < 1.29 is 14.3 Å². The zero-order valence-electron chi connectivity index (χ0n) is 4.35. The molecule has 0 aliphatic carbocycles. The summed E-state index contributed by atoms with van der Waals surface area (Å²) in [6.45, 7) is 3.77. The van der Waals surface area contributed by atoms with Crippen molar-refractivity contribution in [2.24, 2.45) is 0 Å². The van der Waals surface area contributed by atoms with Crippen molar-refractivity contribution in [3.05, 3.63) is 12.2 Å². The van der Waals surface area contributed by atoms with Crippen molar-refractivity contribution in [2.45, 2.75) is 0 Å². The van der Waals surface area contributed by atoms with E-state index in [1.165, 1.54) is 0 Å². The summed E-state index contributed by atoms with van der Waals surface area (Å²) in [6.07, 6.45) is 0. The molecule has 1 aliphatic heterocycles. The Bertz CT molecular complexity index is 112. The zero-order chi connectivity index (χ0) is 5.98. The lowest BCUT2D eigenvalue weighted by Gasteiger charge is -2.12. The van der Waals surface area contributed by atoms with Crippen LogP contribution in [0.25, 0.3) is 0 Å². The highest BCUT2D eigenvalue weighted by molar-refractivity contribution is 5.88. The third kappa shape index (κ3) is 0.869. The van der Waals surface area contributed by atoms with E-state index in [-0.39, 0.29) is 12.8 Å². The van der Waals surface area contributed by atoms with Gasteiger partial charge in [0, 0.05) is 0 Å².